The number of H-pyrrole nitrogens is 1. The van der Waals surface area contributed by atoms with E-state index in [1.165, 1.54) is 38.5 Å². The molecule has 1 saturated carbocycles. The molecule has 0 spiro atoms. The second kappa shape index (κ2) is 4.73. The van der Waals surface area contributed by atoms with Crippen LogP contribution >= 0.6 is 12.2 Å². The zero-order valence-electron chi connectivity index (χ0n) is 8.41. The molecule has 1 aromatic rings. The van der Waals surface area contributed by atoms with Crippen molar-refractivity contribution in [3.05, 3.63) is 11.1 Å². The number of aromatic amines is 1. The van der Waals surface area contributed by atoms with Crippen LogP contribution in [0.1, 0.15) is 38.5 Å². The summed E-state index contributed by atoms with van der Waals surface area (Å²) in [6, 6.07) is 0. The van der Waals surface area contributed by atoms with E-state index in [9.17, 15) is 0 Å². The molecule has 14 heavy (non-hydrogen) atoms. The van der Waals surface area contributed by atoms with Crippen molar-refractivity contribution in [2.24, 2.45) is 5.92 Å². The van der Waals surface area contributed by atoms with Gasteiger partial charge < -0.3 is 4.57 Å². The molecule has 1 aliphatic carbocycles. The second-order valence-corrected chi connectivity index (χ2v) is 4.53. The molecule has 4 heteroatoms. The quantitative estimate of drug-likeness (QED) is 0.780. The number of nitrogens with zero attached hydrogens (tertiary/aromatic N) is 2. The molecule has 78 valence electrons. The van der Waals surface area contributed by atoms with Gasteiger partial charge in [-0.05, 0) is 24.6 Å². The van der Waals surface area contributed by atoms with Crippen LogP contribution in [0.3, 0.4) is 0 Å². The molecule has 0 amide bonds. The van der Waals surface area contributed by atoms with E-state index in [0.29, 0.717) is 0 Å². The van der Waals surface area contributed by atoms with Crippen molar-refractivity contribution < 1.29 is 0 Å². The summed E-state index contributed by atoms with van der Waals surface area (Å²) in [4.78, 5) is 0. The van der Waals surface area contributed by atoms with E-state index in [1.807, 2.05) is 4.57 Å². The monoisotopic (exact) mass is 211 g/mol. The van der Waals surface area contributed by atoms with Gasteiger partial charge in [0, 0.05) is 6.54 Å². The third kappa shape index (κ3) is 2.44. The fourth-order valence-corrected chi connectivity index (χ4v) is 2.42. The normalized spacial score (nSPS) is 18.6. The van der Waals surface area contributed by atoms with E-state index in [0.717, 1.165) is 17.2 Å². The van der Waals surface area contributed by atoms with Gasteiger partial charge in [-0.3, -0.25) is 5.10 Å². The lowest BCUT2D eigenvalue weighted by atomic mass is 9.87. The first kappa shape index (κ1) is 9.90. The average Bonchev–Trinajstić information content (AvgIpc) is 2.63. The fourth-order valence-electron chi connectivity index (χ4n) is 2.23. The molecule has 1 N–H and O–H groups in total. The fraction of sp³-hybridized carbons (Fsp3) is 0.800. The van der Waals surface area contributed by atoms with Crippen LogP contribution in [0.25, 0.3) is 0 Å². The third-order valence-electron chi connectivity index (χ3n) is 3.12. The molecule has 1 aromatic heterocycles. The van der Waals surface area contributed by atoms with Crippen LogP contribution in [0.15, 0.2) is 6.33 Å². The predicted octanol–water partition coefficient (Wildman–Crippen LogP) is 2.91. The maximum Gasteiger partial charge on any atom is 0.194 e. The Morgan fingerprint density at radius 2 is 2.21 bits per heavy atom. The Bertz CT molecular complexity index is 322. The van der Waals surface area contributed by atoms with Crippen molar-refractivity contribution in [3.8, 4) is 0 Å². The van der Waals surface area contributed by atoms with Crippen molar-refractivity contribution in [3.63, 3.8) is 0 Å². The van der Waals surface area contributed by atoms with Crippen molar-refractivity contribution in [2.75, 3.05) is 0 Å². The molecule has 1 fully saturated rings. The molecule has 2 rings (SSSR count). The van der Waals surface area contributed by atoms with Gasteiger partial charge in [0.2, 0.25) is 0 Å². The molecule has 0 aliphatic heterocycles. The third-order valence-corrected chi connectivity index (χ3v) is 3.45. The van der Waals surface area contributed by atoms with Gasteiger partial charge in [-0.2, -0.15) is 5.10 Å². The lowest BCUT2D eigenvalue weighted by Gasteiger charge is -2.21. The summed E-state index contributed by atoms with van der Waals surface area (Å²) in [5, 5.41) is 6.70. The molecule has 3 nitrogen and oxygen atoms in total. The van der Waals surface area contributed by atoms with Crippen LogP contribution in [0.5, 0.6) is 0 Å². The highest BCUT2D eigenvalue weighted by atomic mass is 32.1. The zero-order valence-corrected chi connectivity index (χ0v) is 9.22. The number of hydrogen-bond donors (Lipinski definition) is 1. The van der Waals surface area contributed by atoms with Gasteiger partial charge in [0.1, 0.15) is 6.33 Å². The Labute approximate surface area is 89.5 Å². The Hall–Kier alpha value is -0.640. The minimum absolute atomic E-state index is 0.751. The van der Waals surface area contributed by atoms with E-state index in [4.69, 9.17) is 12.2 Å². The summed E-state index contributed by atoms with van der Waals surface area (Å²) in [5.41, 5.74) is 0. The number of hydrogen-bond acceptors (Lipinski definition) is 2. The lowest BCUT2D eigenvalue weighted by Crippen LogP contribution is -2.09. The SMILES string of the molecule is S=c1[nH]ncn1CCC1CCCCC1. The largest absolute Gasteiger partial charge is 0.307 e. The first-order chi connectivity index (χ1) is 6.86. The van der Waals surface area contributed by atoms with Gasteiger partial charge >= 0.3 is 0 Å². The highest BCUT2D eigenvalue weighted by Gasteiger charge is 2.12. The standard InChI is InChI=1S/C10H17N3S/c14-10-12-11-8-13(10)7-6-9-4-2-1-3-5-9/h8-9H,1-7H2,(H,12,14). The average molecular weight is 211 g/mol. The summed E-state index contributed by atoms with van der Waals surface area (Å²) in [6.07, 6.45) is 10.1. The number of aryl methyl sites for hydroxylation is 1. The van der Waals surface area contributed by atoms with Gasteiger partial charge in [-0.25, -0.2) is 0 Å². The molecule has 0 saturated heterocycles. The lowest BCUT2D eigenvalue weighted by molar-refractivity contribution is 0.323. The number of nitrogens with one attached hydrogen (secondary N) is 1. The Balaban J connectivity index is 1.82. The summed E-state index contributed by atoms with van der Waals surface area (Å²) < 4.78 is 2.78. The second-order valence-electron chi connectivity index (χ2n) is 4.15. The van der Waals surface area contributed by atoms with E-state index in [1.54, 1.807) is 6.33 Å². The molecule has 0 bridgehead atoms. The van der Waals surface area contributed by atoms with Gasteiger partial charge in [-0.15, -0.1) is 0 Å². The minimum atomic E-state index is 0.751. The van der Waals surface area contributed by atoms with Crippen LogP contribution < -0.4 is 0 Å². The van der Waals surface area contributed by atoms with Crippen molar-refractivity contribution >= 4 is 12.2 Å². The molecule has 0 unspecified atom stereocenters. The molecule has 0 radical (unpaired) electrons. The Morgan fingerprint density at radius 1 is 1.43 bits per heavy atom. The van der Waals surface area contributed by atoms with Crippen LogP contribution in [-0.4, -0.2) is 14.8 Å². The smallest absolute Gasteiger partial charge is 0.194 e. The topological polar surface area (TPSA) is 33.6 Å². The van der Waals surface area contributed by atoms with Crippen LogP contribution in [0, 0.1) is 10.7 Å². The van der Waals surface area contributed by atoms with Gasteiger partial charge in [0.25, 0.3) is 0 Å². The molecule has 0 atom stereocenters. The molecule has 1 heterocycles. The number of aromatic nitrogens is 3. The number of rotatable bonds is 3. The van der Waals surface area contributed by atoms with E-state index in [-0.39, 0.29) is 0 Å². The Kier molecular flexibility index (Phi) is 3.35. The maximum absolute atomic E-state index is 5.10. The summed E-state index contributed by atoms with van der Waals surface area (Å²) in [5.74, 6) is 0.917. The summed E-state index contributed by atoms with van der Waals surface area (Å²) >= 11 is 5.10. The van der Waals surface area contributed by atoms with Crippen molar-refractivity contribution in [1.29, 1.82) is 0 Å². The van der Waals surface area contributed by atoms with E-state index in [2.05, 4.69) is 10.2 Å². The summed E-state index contributed by atoms with van der Waals surface area (Å²) in [6.45, 7) is 1.03. The van der Waals surface area contributed by atoms with Crippen LogP contribution in [0.4, 0.5) is 0 Å². The summed E-state index contributed by atoms with van der Waals surface area (Å²) in [7, 11) is 0. The van der Waals surface area contributed by atoms with Gasteiger partial charge in [0.15, 0.2) is 4.77 Å². The Morgan fingerprint density at radius 3 is 2.86 bits per heavy atom. The zero-order chi connectivity index (χ0) is 9.80. The van der Waals surface area contributed by atoms with Crippen LogP contribution in [-0.2, 0) is 6.54 Å². The predicted molar refractivity (Wildman–Crippen MR) is 58.6 cm³/mol. The molecular formula is C10H17N3S. The van der Waals surface area contributed by atoms with Crippen molar-refractivity contribution in [2.45, 2.75) is 45.1 Å². The highest BCUT2D eigenvalue weighted by Crippen LogP contribution is 2.26. The van der Waals surface area contributed by atoms with Gasteiger partial charge in [-0.1, -0.05) is 32.1 Å². The molecule has 0 aromatic carbocycles. The highest BCUT2D eigenvalue weighted by molar-refractivity contribution is 7.71. The van der Waals surface area contributed by atoms with E-state index >= 15 is 0 Å². The van der Waals surface area contributed by atoms with Crippen LogP contribution in [0.2, 0.25) is 0 Å². The first-order valence-electron chi connectivity index (χ1n) is 5.46. The van der Waals surface area contributed by atoms with E-state index < -0.39 is 0 Å². The first-order valence-corrected chi connectivity index (χ1v) is 5.87. The van der Waals surface area contributed by atoms with Crippen molar-refractivity contribution in [1.82, 2.24) is 14.8 Å². The molecule has 1 aliphatic rings. The minimum Gasteiger partial charge on any atom is -0.307 e. The maximum atomic E-state index is 5.10. The molecular weight excluding hydrogens is 194 g/mol. The van der Waals surface area contributed by atoms with Gasteiger partial charge in [0.05, 0.1) is 0 Å².